The third-order valence-corrected chi connectivity index (χ3v) is 3.22. The number of esters is 1. The van der Waals surface area contributed by atoms with Gasteiger partial charge in [0.2, 0.25) is 5.91 Å². The highest BCUT2D eigenvalue weighted by Crippen LogP contribution is 2.21. The van der Waals surface area contributed by atoms with Crippen LogP contribution in [-0.4, -0.2) is 47.3 Å². The maximum Gasteiger partial charge on any atom is 0.305 e. The van der Waals surface area contributed by atoms with E-state index in [0.717, 1.165) is 6.42 Å². The van der Waals surface area contributed by atoms with Gasteiger partial charge in [0.05, 0.1) is 13.0 Å². The number of carbonyl (C=O) groups is 3. The topological polar surface area (TPSA) is 113 Å². The Bertz CT molecular complexity index is 430. The second-order valence-electron chi connectivity index (χ2n) is 5.95. The zero-order chi connectivity index (χ0) is 17.9. The van der Waals surface area contributed by atoms with E-state index < -0.39 is 23.4 Å². The van der Waals surface area contributed by atoms with Gasteiger partial charge in [-0.1, -0.05) is 26.0 Å². The highest BCUT2D eigenvalue weighted by Gasteiger charge is 2.34. The zero-order valence-corrected chi connectivity index (χ0v) is 14.0. The van der Waals surface area contributed by atoms with E-state index in [1.54, 1.807) is 13.8 Å². The highest BCUT2D eigenvalue weighted by molar-refractivity contribution is 5.81. The molecule has 0 aromatic rings. The smallest absolute Gasteiger partial charge is 0.305 e. The highest BCUT2D eigenvalue weighted by atomic mass is 16.5. The molecule has 0 aliphatic rings. The van der Waals surface area contributed by atoms with Crippen LogP contribution in [0, 0.1) is 5.41 Å². The Morgan fingerprint density at radius 3 is 2.48 bits per heavy atom. The molecule has 0 aromatic heterocycles. The fourth-order valence-corrected chi connectivity index (χ4v) is 1.69. The number of hydrogen-bond donors (Lipinski definition) is 3. The number of amides is 1. The molecule has 0 saturated carbocycles. The van der Waals surface area contributed by atoms with Crippen LogP contribution in [0.25, 0.3) is 0 Å². The molecule has 0 spiro atoms. The van der Waals surface area contributed by atoms with E-state index in [-0.39, 0.29) is 32.0 Å². The van der Waals surface area contributed by atoms with Gasteiger partial charge in [-0.05, 0) is 19.8 Å². The molecule has 23 heavy (non-hydrogen) atoms. The Labute approximate surface area is 136 Å². The van der Waals surface area contributed by atoms with Crippen LogP contribution in [0.2, 0.25) is 0 Å². The first-order valence-electron chi connectivity index (χ1n) is 7.65. The van der Waals surface area contributed by atoms with Crippen molar-refractivity contribution in [3.63, 3.8) is 0 Å². The van der Waals surface area contributed by atoms with E-state index in [0.29, 0.717) is 6.42 Å². The van der Waals surface area contributed by atoms with Gasteiger partial charge in [-0.15, -0.1) is 0 Å². The van der Waals surface area contributed by atoms with E-state index in [2.05, 4.69) is 5.32 Å². The standard InChI is InChI=1S/C16H27NO6/c1-4-5-6-7-8-13(20)23-11-16(2,3)14(21)15(22)17-10-9-12(18)19/h4-5,14,21H,6-11H2,1-3H3,(H,17,22)(H,18,19)/t14-/m0/s1. The molecule has 0 fully saturated rings. The summed E-state index contributed by atoms with van der Waals surface area (Å²) in [6, 6.07) is 0. The third-order valence-electron chi connectivity index (χ3n) is 3.22. The first-order valence-corrected chi connectivity index (χ1v) is 7.65. The summed E-state index contributed by atoms with van der Waals surface area (Å²) in [4.78, 5) is 33.7. The second kappa shape index (κ2) is 10.8. The van der Waals surface area contributed by atoms with Crippen molar-refractivity contribution in [2.24, 2.45) is 5.41 Å². The van der Waals surface area contributed by atoms with Crippen molar-refractivity contribution in [3.05, 3.63) is 12.2 Å². The van der Waals surface area contributed by atoms with Crippen LogP contribution in [0.1, 0.15) is 46.5 Å². The first-order chi connectivity index (χ1) is 10.7. The van der Waals surface area contributed by atoms with Crippen LogP contribution < -0.4 is 5.32 Å². The minimum atomic E-state index is -1.40. The number of rotatable bonds is 11. The number of carboxylic acids is 1. The van der Waals surface area contributed by atoms with Crippen molar-refractivity contribution in [1.82, 2.24) is 5.32 Å². The molecule has 1 atom stereocenters. The van der Waals surface area contributed by atoms with Crippen LogP contribution in [-0.2, 0) is 19.1 Å². The molecule has 7 heteroatoms. The number of carboxylic acid groups (broad SMARTS) is 1. The number of hydrogen-bond acceptors (Lipinski definition) is 5. The lowest BCUT2D eigenvalue weighted by Crippen LogP contribution is -2.46. The predicted molar refractivity (Wildman–Crippen MR) is 84.7 cm³/mol. The first kappa shape index (κ1) is 21.1. The molecule has 0 radical (unpaired) electrons. The fraction of sp³-hybridized carbons (Fsp3) is 0.688. The number of aliphatic hydroxyl groups excluding tert-OH is 1. The molecule has 0 unspecified atom stereocenters. The van der Waals surface area contributed by atoms with Crippen LogP contribution in [0.4, 0.5) is 0 Å². The Morgan fingerprint density at radius 1 is 1.26 bits per heavy atom. The molecule has 0 bridgehead atoms. The summed E-state index contributed by atoms with van der Waals surface area (Å²) >= 11 is 0. The molecule has 7 nitrogen and oxygen atoms in total. The Balaban J connectivity index is 4.20. The van der Waals surface area contributed by atoms with E-state index in [9.17, 15) is 19.5 Å². The minimum absolute atomic E-state index is 0.0635. The average molecular weight is 329 g/mol. The molecule has 1 amide bonds. The number of carbonyl (C=O) groups excluding carboxylic acids is 2. The van der Waals surface area contributed by atoms with Gasteiger partial charge in [0.15, 0.2) is 0 Å². The molecule has 0 aliphatic heterocycles. The van der Waals surface area contributed by atoms with Crippen LogP contribution >= 0.6 is 0 Å². The summed E-state index contributed by atoms with van der Waals surface area (Å²) in [5, 5.41) is 20.8. The van der Waals surface area contributed by atoms with Crippen LogP contribution in [0.15, 0.2) is 12.2 Å². The maximum absolute atomic E-state index is 11.8. The largest absolute Gasteiger partial charge is 0.481 e. The molecule has 0 saturated heterocycles. The van der Waals surface area contributed by atoms with Crippen LogP contribution in [0.5, 0.6) is 0 Å². The van der Waals surface area contributed by atoms with Gasteiger partial charge in [0, 0.05) is 18.4 Å². The summed E-state index contributed by atoms with van der Waals surface area (Å²) in [6.45, 7) is 4.95. The fourth-order valence-electron chi connectivity index (χ4n) is 1.69. The van der Waals surface area contributed by atoms with Gasteiger partial charge in [-0.25, -0.2) is 0 Å². The van der Waals surface area contributed by atoms with Crippen molar-refractivity contribution in [3.8, 4) is 0 Å². The second-order valence-corrected chi connectivity index (χ2v) is 5.95. The van der Waals surface area contributed by atoms with Crippen LogP contribution in [0.3, 0.4) is 0 Å². The molecule has 132 valence electrons. The Kier molecular flexibility index (Phi) is 9.89. The molecule has 3 N–H and O–H groups in total. The minimum Gasteiger partial charge on any atom is -0.481 e. The Morgan fingerprint density at radius 2 is 1.91 bits per heavy atom. The van der Waals surface area contributed by atoms with Crippen molar-refractivity contribution in [1.29, 1.82) is 0 Å². The Hall–Kier alpha value is -1.89. The number of allylic oxidation sites excluding steroid dienone is 2. The summed E-state index contributed by atoms with van der Waals surface area (Å²) in [7, 11) is 0. The third kappa shape index (κ3) is 9.67. The van der Waals surface area contributed by atoms with E-state index in [1.165, 1.54) is 0 Å². The lowest BCUT2D eigenvalue weighted by molar-refractivity contribution is -0.153. The quantitative estimate of drug-likeness (QED) is 0.299. The predicted octanol–water partition coefficient (Wildman–Crippen LogP) is 1.25. The molecule has 0 aliphatic carbocycles. The van der Waals surface area contributed by atoms with E-state index in [1.807, 2.05) is 19.1 Å². The summed E-state index contributed by atoms with van der Waals surface area (Å²) < 4.78 is 5.10. The lowest BCUT2D eigenvalue weighted by atomic mass is 9.87. The van der Waals surface area contributed by atoms with Gasteiger partial charge in [-0.3, -0.25) is 14.4 Å². The van der Waals surface area contributed by atoms with Gasteiger partial charge in [0.1, 0.15) is 6.10 Å². The van der Waals surface area contributed by atoms with Gasteiger partial charge >= 0.3 is 11.9 Å². The summed E-state index contributed by atoms with van der Waals surface area (Å²) in [5.41, 5.74) is -0.966. The van der Waals surface area contributed by atoms with E-state index in [4.69, 9.17) is 9.84 Å². The van der Waals surface area contributed by atoms with Crippen molar-refractivity contribution in [2.75, 3.05) is 13.2 Å². The van der Waals surface area contributed by atoms with Gasteiger partial charge in [-0.2, -0.15) is 0 Å². The summed E-state index contributed by atoms with van der Waals surface area (Å²) in [5.74, 6) is -2.09. The molecule has 0 rings (SSSR count). The van der Waals surface area contributed by atoms with Crippen molar-refractivity contribution >= 4 is 17.8 Å². The molecular weight excluding hydrogens is 302 g/mol. The molecular formula is C16H27NO6. The lowest BCUT2D eigenvalue weighted by Gasteiger charge is -2.28. The molecule has 0 heterocycles. The van der Waals surface area contributed by atoms with Gasteiger partial charge < -0.3 is 20.3 Å². The zero-order valence-electron chi connectivity index (χ0n) is 14.0. The summed E-state index contributed by atoms with van der Waals surface area (Å²) in [6.07, 6.45) is 4.01. The monoisotopic (exact) mass is 329 g/mol. The van der Waals surface area contributed by atoms with Crippen molar-refractivity contribution < 1.29 is 29.3 Å². The van der Waals surface area contributed by atoms with Crippen molar-refractivity contribution in [2.45, 2.75) is 52.6 Å². The number of ether oxygens (including phenoxy) is 1. The number of aliphatic carboxylic acids is 1. The SMILES string of the molecule is CC=CCCCC(=O)OCC(C)(C)[C@@H](O)C(=O)NCCC(=O)O. The average Bonchev–Trinajstić information content (AvgIpc) is 2.48. The maximum atomic E-state index is 11.8. The molecule has 0 aromatic carbocycles. The number of unbranched alkanes of at least 4 members (excludes halogenated alkanes) is 1. The number of nitrogens with one attached hydrogen (secondary N) is 1. The normalized spacial score (nSPS) is 12.9. The van der Waals surface area contributed by atoms with Gasteiger partial charge in [0.25, 0.3) is 0 Å². The van der Waals surface area contributed by atoms with E-state index >= 15 is 0 Å². The number of aliphatic hydroxyl groups is 1.